The van der Waals surface area contributed by atoms with Gasteiger partial charge in [-0.2, -0.15) is 0 Å². The van der Waals surface area contributed by atoms with Gasteiger partial charge in [-0.25, -0.2) is 12.8 Å². The molecule has 0 fully saturated rings. The first-order valence-corrected chi connectivity index (χ1v) is 6.60. The Hall–Kier alpha value is -1.10. The van der Waals surface area contributed by atoms with E-state index in [1.165, 1.54) is 6.07 Å². The molecule has 0 bridgehead atoms. The third-order valence-electron chi connectivity index (χ3n) is 2.53. The summed E-state index contributed by atoms with van der Waals surface area (Å²) in [5.41, 5.74) is 0.998. The number of anilines is 1. The van der Waals surface area contributed by atoms with Gasteiger partial charge in [0.05, 0.1) is 11.9 Å². The minimum absolute atomic E-state index is 0.228. The molecule has 0 radical (unpaired) electrons. The number of para-hydroxylation sites is 1. The molecule has 1 aromatic carbocycles. The highest BCUT2D eigenvalue weighted by Crippen LogP contribution is 2.31. The first-order valence-electron chi connectivity index (χ1n) is 4.75. The maximum atomic E-state index is 13.5. The number of hydrogen-bond acceptors (Lipinski definition) is 2. The van der Waals surface area contributed by atoms with Crippen LogP contribution in [0.1, 0.15) is 12.0 Å². The molecule has 0 spiro atoms. The van der Waals surface area contributed by atoms with Gasteiger partial charge in [-0.3, -0.25) is 4.31 Å². The summed E-state index contributed by atoms with van der Waals surface area (Å²) in [5.74, 6) is -0.461. The molecule has 1 aliphatic heterocycles. The van der Waals surface area contributed by atoms with Crippen LogP contribution in [0.3, 0.4) is 0 Å². The van der Waals surface area contributed by atoms with Gasteiger partial charge in [0, 0.05) is 6.54 Å². The van der Waals surface area contributed by atoms with E-state index in [9.17, 15) is 12.8 Å². The van der Waals surface area contributed by atoms with Gasteiger partial charge in [0.15, 0.2) is 0 Å². The van der Waals surface area contributed by atoms with E-state index in [0.29, 0.717) is 6.54 Å². The maximum Gasteiger partial charge on any atom is 0.232 e. The van der Waals surface area contributed by atoms with E-state index in [1.807, 2.05) is 0 Å². The molecule has 1 aliphatic rings. The highest BCUT2D eigenvalue weighted by atomic mass is 32.2. The van der Waals surface area contributed by atoms with Crippen molar-refractivity contribution in [2.75, 3.05) is 17.1 Å². The molecule has 0 aliphatic carbocycles. The van der Waals surface area contributed by atoms with Crippen LogP contribution in [0.5, 0.6) is 0 Å². The van der Waals surface area contributed by atoms with E-state index in [0.717, 1.165) is 29.0 Å². The van der Waals surface area contributed by atoms with Gasteiger partial charge in [0.2, 0.25) is 10.0 Å². The van der Waals surface area contributed by atoms with Crippen LogP contribution in [-0.2, 0) is 16.4 Å². The van der Waals surface area contributed by atoms with Crippen LogP contribution in [0.4, 0.5) is 10.1 Å². The third kappa shape index (κ3) is 1.84. The zero-order chi connectivity index (χ0) is 11.1. The van der Waals surface area contributed by atoms with E-state index in [-0.39, 0.29) is 5.69 Å². The van der Waals surface area contributed by atoms with Gasteiger partial charge in [0.1, 0.15) is 5.82 Å². The van der Waals surface area contributed by atoms with E-state index < -0.39 is 15.8 Å². The lowest BCUT2D eigenvalue weighted by molar-refractivity contribution is 0.582. The van der Waals surface area contributed by atoms with Crippen LogP contribution in [0.25, 0.3) is 0 Å². The van der Waals surface area contributed by atoms with Crippen LogP contribution in [0, 0.1) is 5.82 Å². The summed E-state index contributed by atoms with van der Waals surface area (Å²) in [6, 6.07) is 4.68. The lowest BCUT2D eigenvalue weighted by Crippen LogP contribution is -2.35. The average molecular weight is 229 g/mol. The highest BCUT2D eigenvalue weighted by Gasteiger charge is 2.26. The van der Waals surface area contributed by atoms with E-state index in [4.69, 9.17) is 0 Å². The van der Waals surface area contributed by atoms with Gasteiger partial charge < -0.3 is 0 Å². The number of rotatable bonds is 1. The lowest BCUT2D eigenvalue weighted by Gasteiger charge is -2.29. The van der Waals surface area contributed by atoms with Crippen molar-refractivity contribution in [1.82, 2.24) is 0 Å². The fourth-order valence-corrected chi connectivity index (χ4v) is 2.89. The molecular formula is C10H12FNO2S. The topological polar surface area (TPSA) is 37.4 Å². The van der Waals surface area contributed by atoms with E-state index >= 15 is 0 Å². The second-order valence-electron chi connectivity index (χ2n) is 3.69. The smallest absolute Gasteiger partial charge is 0.232 e. The first kappa shape index (κ1) is 10.4. The van der Waals surface area contributed by atoms with Crippen molar-refractivity contribution >= 4 is 15.7 Å². The molecule has 2 rings (SSSR count). The van der Waals surface area contributed by atoms with Crippen LogP contribution in [0.15, 0.2) is 18.2 Å². The van der Waals surface area contributed by atoms with Crippen LogP contribution < -0.4 is 4.31 Å². The number of fused-ring (bicyclic) bond motifs is 1. The van der Waals surface area contributed by atoms with Crippen molar-refractivity contribution in [3.63, 3.8) is 0 Å². The van der Waals surface area contributed by atoms with Crippen LogP contribution in [0.2, 0.25) is 0 Å². The molecule has 0 unspecified atom stereocenters. The summed E-state index contributed by atoms with van der Waals surface area (Å²) >= 11 is 0. The molecule has 1 heterocycles. The Bertz CT molecular complexity index is 484. The molecular weight excluding hydrogens is 217 g/mol. The Morgan fingerprint density at radius 2 is 2.13 bits per heavy atom. The monoisotopic (exact) mass is 229 g/mol. The third-order valence-corrected chi connectivity index (χ3v) is 3.69. The Morgan fingerprint density at radius 1 is 1.40 bits per heavy atom. The fraction of sp³-hybridized carbons (Fsp3) is 0.400. The lowest BCUT2D eigenvalue weighted by atomic mass is 10.0. The molecule has 0 saturated carbocycles. The van der Waals surface area contributed by atoms with Crippen molar-refractivity contribution in [2.24, 2.45) is 0 Å². The standard InChI is InChI=1S/C10H12FNO2S/c1-15(13,14)12-7-3-5-8-4-2-6-9(11)10(8)12/h2,4,6H,3,5,7H2,1H3. The first-order chi connectivity index (χ1) is 7.00. The zero-order valence-corrected chi connectivity index (χ0v) is 9.22. The predicted octanol–water partition coefficient (Wildman–Crippen LogP) is 1.54. The molecule has 0 aromatic heterocycles. The highest BCUT2D eigenvalue weighted by molar-refractivity contribution is 7.92. The average Bonchev–Trinajstić information content (AvgIpc) is 2.16. The molecule has 1 aromatic rings. The number of aryl methyl sites for hydroxylation is 1. The molecule has 0 amide bonds. The van der Waals surface area contributed by atoms with Gasteiger partial charge in [-0.1, -0.05) is 12.1 Å². The van der Waals surface area contributed by atoms with Gasteiger partial charge in [-0.15, -0.1) is 0 Å². The molecule has 3 nitrogen and oxygen atoms in total. The van der Waals surface area contributed by atoms with Crippen molar-refractivity contribution in [1.29, 1.82) is 0 Å². The van der Waals surface area contributed by atoms with Crippen molar-refractivity contribution in [2.45, 2.75) is 12.8 Å². The van der Waals surface area contributed by atoms with E-state index in [2.05, 4.69) is 0 Å². The molecule has 0 atom stereocenters. The normalized spacial score (nSPS) is 16.3. The summed E-state index contributed by atoms with van der Waals surface area (Å²) in [6.07, 6.45) is 2.58. The number of nitrogens with zero attached hydrogens (tertiary/aromatic N) is 1. The Labute approximate surface area is 88.6 Å². The summed E-state index contributed by atoms with van der Waals surface area (Å²) in [7, 11) is -3.37. The van der Waals surface area contributed by atoms with Crippen molar-refractivity contribution < 1.29 is 12.8 Å². The van der Waals surface area contributed by atoms with Crippen LogP contribution in [-0.4, -0.2) is 21.2 Å². The summed E-state index contributed by atoms with van der Waals surface area (Å²) in [4.78, 5) is 0. The minimum atomic E-state index is -3.37. The van der Waals surface area contributed by atoms with Crippen LogP contribution >= 0.6 is 0 Å². The van der Waals surface area contributed by atoms with Crippen molar-refractivity contribution in [3.8, 4) is 0 Å². The molecule has 15 heavy (non-hydrogen) atoms. The Morgan fingerprint density at radius 3 is 2.80 bits per heavy atom. The van der Waals surface area contributed by atoms with Crippen molar-refractivity contribution in [3.05, 3.63) is 29.6 Å². The number of halogens is 1. The Kier molecular flexibility index (Phi) is 2.42. The molecule has 5 heteroatoms. The zero-order valence-electron chi connectivity index (χ0n) is 8.40. The van der Waals surface area contributed by atoms with Gasteiger partial charge in [-0.05, 0) is 24.5 Å². The summed E-state index contributed by atoms with van der Waals surface area (Å²) in [5, 5.41) is 0. The summed E-state index contributed by atoms with van der Waals surface area (Å²) < 4.78 is 37.6. The number of benzene rings is 1. The molecule has 0 saturated heterocycles. The largest absolute Gasteiger partial charge is 0.267 e. The van der Waals surface area contributed by atoms with E-state index in [1.54, 1.807) is 12.1 Å². The second-order valence-corrected chi connectivity index (χ2v) is 5.59. The minimum Gasteiger partial charge on any atom is -0.267 e. The quantitative estimate of drug-likeness (QED) is 0.732. The number of sulfonamides is 1. The fourth-order valence-electron chi connectivity index (χ4n) is 1.90. The molecule has 0 N–H and O–H groups in total. The second kappa shape index (κ2) is 3.48. The van der Waals surface area contributed by atoms with Gasteiger partial charge in [0.25, 0.3) is 0 Å². The summed E-state index contributed by atoms with van der Waals surface area (Å²) in [6.45, 7) is 0.368. The van der Waals surface area contributed by atoms with Gasteiger partial charge >= 0.3 is 0 Å². The molecule has 82 valence electrons. The SMILES string of the molecule is CS(=O)(=O)N1CCCc2cccc(F)c21. The Balaban J connectivity index is 2.60. The predicted molar refractivity (Wildman–Crippen MR) is 56.9 cm³/mol. The maximum absolute atomic E-state index is 13.5. The number of hydrogen-bond donors (Lipinski definition) is 0.